The lowest BCUT2D eigenvalue weighted by Gasteiger charge is -2.05. The van der Waals surface area contributed by atoms with Gasteiger partial charge in [-0.25, -0.2) is 9.97 Å². The van der Waals surface area contributed by atoms with Gasteiger partial charge in [-0.15, -0.1) is 22.7 Å². The van der Waals surface area contributed by atoms with Crippen molar-refractivity contribution < 1.29 is 4.79 Å². The van der Waals surface area contributed by atoms with E-state index in [-0.39, 0.29) is 5.91 Å². The number of aromatic nitrogens is 2. The van der Waals surface area contributed by atoms with E-state index >= 15 is 0 Å². The van der Waals surface area contributed by atoms with Gasteiger partial charge in [-0.05, 0) is 44.0 Å². The third kappa shape index (κ3) is 3.26. The Balaban J connectivity index is 1.63. The van der Waals surface area contributed by atoms with Gasteiger partial charge in [-0.2, -0.15) is 0 Å². The van der Waals surface area contributed by atoms with Crippen molar-refractivity contribution in [2.75, 3.05) is 11.1 Å². The number of carbonyl (C=O) groups excluding carboxylic acids is 1. The van der Waals surface area contributed by atoms with Gasteiger partial charge in [0.05, 0.1) is 11.4 Å². The summed E-state index contributed by atoms with van der Waals surface area (Å²) in [5.41, 5.74) is 11.6. The molecule has 0 radical (unpaired) electrons. The van der Waals surface area contributed by atoms with E-state index in [2.05, 4.69) is 15.3 Å². The molecule has 0 saturated heterocycles. The highest BCUT2D eigenvalue weighted by atomic mass is 35.5. The summed E-state index contributed by atoms with van der Waals surface area (Å²) in [6.45, 7) is 5.99. The number of carbonyl (C=O) groups is 1. The maximum atomic E-state index is 12.8. The average molecular weight is 429 g/mol. The number of nitrogens with one attached hydrogen (secondary N) is 1. The van der Waals surface area contributed by atoms with Crippen LogP contribution in [0, 0.1) is 20.8 Å². The number of amides is 1. The number of nitrogen functional groups attached to an aromatic ring is 1. The zero-order chi connectivity index (χ0) is 20.0. The molecule has 0 aliphatic rings. The molecule has 0 unspecified atom stereocenters. The molecule has 142 valence electrons. The number of pyridine rings is 1. The number of thiazole rings is 1. The first kappa shape index (κ1) is 18.9. The minimum absolute atomic E-state index is 0.271. The Labute approximate surface area is 175 Å². The minimum Gasteiger partial charge on any atom is -0.397 e. The van der Waals surface area contributed by atoms with Crippen LogP contribution in [-0.2, 0) is 0 Å². The fourth-order valence-corrected chi connectivity index (χ4v) is 4.91. The molecule has 3 heterocycles. The van der Waals surface area contributed by atoms with Crippen molar-refractivity contribution in [1.82, 2.24) is 9.97 Å². The molecule has 1 amide bonds. The number of fused-ring (bicyclic) bond motifs is 1. The number of hydrogen-bond acceptors (Lipinski definition) is 6. The van der Waals surface area contributed by atoms with E-state index in [1.54, 1.807) is 0 Å². The summed E-state index contributed by atoms with van der Waals surface area (Å²) in [6.07, 6.45) is 0. The van der Waals surface area contributed by atoms with E-state index in [0.717, 1.165) is 38.3 Å². The first-order valence-electron chi connectivity index (χ1n) is 8.53. The Morgan fingerprint density at radius 2 is 1.82 bits per heavy atom. The van der Waals surface area contributed by atoms with Crippen LogP contribution in [0.3, 0.4) is 0 Å². The highest BCUT2D eigenvalue weighted by Crippen LogP contribution is 2.37. The fourth-order valence-electron chi connectivity index (χ4n) is 2.97. The first-order chi connectivity index (χ1) is 13.3. The van der Waals surface area contributed by atoms with Crippen LogP contribution in [0.25, 0.3) is 21.5 Å². The van der Waals surface area contributed by atoms with E-state index in [0.29, 0.717) is 20.7 Å². The molecule has 0 aliphatic carbocycles. The van der Waals surface area contributed by atoms with Gasteiger partial charge in [0.1, 0.15) is 9.71 Å². The predicted octanol–water partition coefficient (Wildman–Crippen LogP) is 5.83. The van der Waals surface area contributed by atoms with Crippen molar-refractivity contribution in [1.29, 1.82) is 0 Å². The number of thiophene rings is 1. The van der Waals surface area contributed by atoms with E-state index in [9.17, 15) is 4.79 Å². The van der Waals surface area contributed by atoms with E-state index in [1.807, 2.05) is 50.4 Å². The highest BCUT2D eigenvalue weighted by molar-refractivity contribution is 7.21. The van der Waals surface area contributed by atoms with Gasteiger partial charge in [-0.3, -0.25) is 10.1 Å². The van der Waals surface area contributed by atoms with Crippen molar-refractivity contribution >= 4 is 61.2 Å². The standard InChI is InChI=1S/C20H17ClN4OS2/c1-9-10(2)15-16(22)17(28-19(15)23-11(9)3)18(26)25-20-24-14(8-27-20)12-4-6-13(21)7-5-12/h4-8H,22H2,1-3H3,(H,24,25,26). The minimum atomic E-state index is -0.271. The van der Waals surface area contributed by atoms with E-state index in [4.69, 9.17) is 17.3 Å². The van der Waals surface area contributed by atoms with Gasteiger partial charge in [0.15, 0.2) is 5.13 Å². The normalized spacial score (nSPS) is 11.1. The zero-order valence-electron chi connectivity index (χ0n) is 15.5. The van der Waals surface area contributed by atoms with Crippen LogP contribution in [0.15, 0.2) is 29.6 Å². The molecule has 0 spiro atoms. The second kappa shape index (κ2) is 7.16. The smallest absolute Gasteiger partial charge is 0.269 e. The zero-order valence-corrected chi connectivity index (χ0v) is 17.9. The summed E-state index contributed by atoms with van der Waals surface area (Å²) >= 11 is 8.60. The van der Waals surface area contributed by atoms with Crippen LogP contribution in [0.2, 0.25) is 5.02 Å². The SMILES string of the molecule is Cc1nc2sc(C(=O)Nc3nc(-c4ccc(Cl)cc4)cs3)c(N)c2c(C)c1C. The predicted molar refractivity (Wildman–Crippen MR) is 119 cm³/mol. The Kier molecular flexibility index (Phi) is 4.82. The Morgan fingerprint density at radius 3 is 2.54 bits per heavy atom. The molecule has 3 aromatic heterocycles. The summed E-state index contributed by atoms with van der Waals surface area (Å²) in [5.74, 6) is -0.271. The number of anilines is 2. The van der Waals surface area contributed by atoms with Crippen LogP contribution in [0.4, 0.5) is 10.8 Å². The van der Waals surface area contributed by atoms with Crippen molar-refractivity contribution in [3.05, 3.63) is 56.4 Å². The average Bonchev–Trinajstić information content (AvgIpc) is 3.25. The summed E-state index contributed by atoms with van der Waals surface area (Å²) in [7, 11) is 0. The monoisotopic (exact) mass is 428 g/mol. The van der Waals surface area contributed by atoms with Crippen LogP contribution in [0.5, 0.6) is 0 Å². The molecular weight excluding hydrogens is 412 g/mol. The maximum absolute atomic E-state index is 12.8. The molecule has 28 heavy (non-hydrogen) atoms. The lowest BCUT2D eigenvalue weighted by molar-refractivity contribution is 0.103. The van der Waals surface area contributed by atoms with E-state index in [1.165, 1.54) is 22.7 Å². The summed E-state index contributed by atoms with van der Waals surface area (Å²) in [6, 6.07) is 7.41. The third-order valence-corrected chi connectivity index (χ3v) is 6.85. The molecular formula is C20H17ClN4OS2. The number of nitrogens with zero attached hydrogens (tertiary/aromatic N) is 2. The van der Waals surface area contributed by atoms with Gasteiger partial charge in [0.25, 0.3) is 5.91 Å². The molecule has 5 nitrogen and oxygen atoms in total. The van der Waals surface area contributed by atoms with Crippen LogP contribution in [0.1, 0.15) is 26.5 Å². The second-order valence-electron chi connectivity index (χ2n) is 6.47. The number of nitrogens with two attached hydrogens (primary N) is 1. The van der Waals surface area contributed by atoms with Crippen molar-refractivity contribution in [3.63, 3.8) is 0 Å². The summed E-state index contributed by atoms with van der Waals surface area (Å²) in [5, 5.41) is 6.80. The third-order valence-electron chi connectivity index (χ3n) is 4.75. The largest absolute Gasteiger partial charge is 0.397 e. The fraction of sp³-hybridized carbons (Fsp3) is 0.150. The molecule has 0 saturated carbocycles. The molecule has 4 aromatic rings. The number of halogens is 1. The molecule has 0 fully saturated rings. The van der Waals surface area contributed by atoms with Crippen LogP contribution in [-0.4, -0.2) is 15.9 Å². The topological polar surface area (TPSA) is 80.9 Å². The number of rotatable bonds is 3. The Bertz CT molecular complexity index is 1210. The van der Waals surface area contributed by atoms with Gasteiger partial charge < -0.3 is 5.73 Å². The highest BCUT2D eigenvalue weighted by Gasteiger charge is 2.21. The van der Waals surface area contributed by atoms with Crippen LogP contribution < -0.4 is 11.1 Å². The van der Waals surface area contributed by atoms with Crippen LogP contribution >= 0.6 is 34.3 Å². The summed E-state index contributed by atoms with van der Waals surface area (Å²) < 4.78 is 0. The lowest BCUT2D eigenvalue weighted by atomic mass is 10.1. The van der Waals surface area contributed by atoms with E-state index < -0.39 is 0 Å². The quantitative estimate of drug-likeness (QED) is 0.430. The molecule has 4 rings (SSSR count). The Morgan fingerprint density at radius 1 is 1.11 bits per heavy atom. The molecule has 0 atom stereocenters. The number of benzene rings is 1. The molecule has 3 N–H and O–H groups in total. The number of hydrogen-bond donors (Lipinski definition) is 2. The van der Waals surface area contributed by atoms with Crippen molar-refractivity contribution in [2.45, 2.75) is 20.8 Å². The van der Waals surface area contributed by atoms with Gasteiger partial charge in [0, 0.05) is 27.0 Å². The van der Waals surface area contributed by atoms with Gasteiger partial charge in [0.2, 0.25) is 0 Å². The second-order valence-corrected chi connectivity index (χ2v) is 8.76. The molecule has 0 aliphatic heterocycles. The summed E-state index contributed by atoms with van der Waals surface area (Å²) in [4.78, 5) is 23.1. The molecule has 1 aromatic carbocycles. The molecule has 0 bridgehead atoms. The maximum Gasteiger partial charge on any atom is 0.269 e. The molecule has 8 heteroatoms. The first-order valence-corrected chi connectivity index (χ1v) is 10.6. The van der Waals surface area contributed by atoms with Gasteiger partial charge >= 0.3 is 0 Å². The number of aryl methyl sites for hydroxylation is 2. The van der Waals surface area contributed by atoms with Crippen molar-refractivity contribution in [3.8, 4) is 11.3 Å². The lowest BCUT2D eigenvalue weighted by Crippen LogP contribution is -2.11. The Hall–Kier alpha value is -2.48. The van der Waals surface area contributed by atoms with Crippen molar-refractivity contribution in [2.24, 2.45) is 0 Å². The van der Waals surface area contributed by atoms with Gasteiger partial charge in [-0.1, -0.05) is 23.7 Å².